The largest absolute Gasteiger partial charge is 0.489 e. The Labute approximate surface area is 148 Å². The Balaban J connectivity index is 1.44. The predicted octanol–water partition coefficient (Wildman–Crippen LogP) is 2.63. The summed E-state index contributed by atoms with van der Waals surface area (Å²) in [6.45, 7) is 2.73. The maximum atomic E-state index is 12.1. The van der Waals surface area contributed by atoms with Gasteiger partial charge in [-0.05, 0) is 42.7 Å². The van der Waals surface area contributed by atoms with E-state index in [1.54, 1.807) is 0 Å². The summed E-state index contributed by atoms with van der Waals surface area (Å²) in [5.41, 5.74) is 7.80. The highest BCUT2D eigenvalue weighted by molar-refractivity contribution is 5.92. The number of hydrogen-bond acceptors (Lipinski definition) is 4. The van der Waals surface area contributed by atoms with Crippen LogP contribution in [0.4, 0.5) is 5.69 Å². The maximum absolute atomic E-state index is 12.1. The summed E-state index contributed by atoms with van der Waals surface area (Å²) in [6.07, 6.45) is 1.92. The van der Waals surface area contributed by atoms with Crippen molar-refractivity contribution in [2.45, 2.75) is 25.5 Å². The van der Waals surface area contributed by atoms with Gasteiger partial charge in [0.25, 0.3) is 0 Å². The molecule has 25 heavy (non-hydrogen) atoms. The van der Waals surface area contributed by atoms with E-state index in [0.29, 0.717) is 13.2 Å². The van der Waals surface area contributed by atoms with Gasteiger partial charge in [0.15, 0.2) is 0 Å². The number of hydrogen-bond donors (Lipinski definition) is 2. The lowest BCUT2D eigenvalue weighted by atomic mass is 10.1. The molecule has 0 radical (unpaired) electrons. The number of ether oxygens (including phenoxy) is 1. The highest BCUT2D eigenvalue weighted by Crippen LogP contribution is 2.17. The summed E-state index contributed by atoms with van der Waals surface area (Å²) in [5, 5.41) is 2.93. The van der Waals surface area contributed by atoms with Gasteiger partial charge in [-0.25, -0.2) is 0 Å². The smallest absolute Gasteiger partial charge is 0.238 e. The number of piperidine rings is 1. The molecule has 0 bridgehead atoms. The van der Waals surface area contributed by atoms with E-state index in [2.05, 4.69) is 10.2 Å². The van der Waals surface area contributed by atoms with Crippen LogP contribution < -0.4 is 15.8 Å². The molecular weight excluding hydrogens is 314 g/mol. The zero-order valence-corrected chi connectivity index (χ0v) is 14.4. The van der Waals surface area contributed by atoms with Crippen LogP contribution in [0.25, 0.3) is 0 Å². The van der Waals surface area contributed by atoms with Crippen LogP contribution in [-0.4, -0.2) is 36.5 Å². The summed E-state index contributed by atoms with van der Waals surface area (Å²) in [5.74, 6) is 0.792. The first-order chi connectivity index (χ1) is 12.2. The second kappa shape index (κ2) is 8.65. The van der Waals surface area contributed by atoms with Crippen LogP contribution in [0.15, 0.2) is 54.6 Å². The molecule has 1 fully saturated rings. The van der Waals surface area contributed by atoms with E-state index in [4.69, 9.17) is 10.5 Å². The van der Waals surface area contributed by atoms with E-state index in [-0.39, 0.29) is 11.9 Å². The molecule has 1 heterocycles. The summed E-state index contributed by atoms with van der Waals surface area (Å²) < 4.78 is 5.75. The molecule has 5 nitrogen and oxygen atoms in total. The molecule has 2 aromatic carbocycles. The van der Waals surface area contributed by atoms with Gasteiger partial charge in [0, 0.05) is 24.8 Å². The molecule has 2 aromatic rings. The van der Waals surface area contributed by atoms with Gasteiger partial charge in [-0.2, -0.15) is 0 Å². The number of nitrogens with zero attached hydrogens (tertiary/aromatic N) is 1. The number of nitrogens with one attached hydrogen (secondary N) is 1. The summed E-state index contributed by atoms with van der Waals surface area (Å²) in [6, 6.07) is 17.8. The summed E-state index contributed by atoms with van der Waals surface area (Å²) >= 11 is 0. The van der Waals surface area contributed by atoms with E-state index >= 15 is 0 Å². The SMILES string of the molecule is NC1CCN(CC(=O)Nc2ccc(OCc3ccccc3)cc2)CC1. The predicted molar refractivity (Wildman–Crippen MR) is 99.5 cm³/mol. The number of amides is 1. The minimum Gasteiger partial charge on any atom is -0.489 e. The van der Waals surface area contributed by atoms with Gasteiger partial charge in [-0.3, -0.25) is 9.69 Å². The molecule has 3 N–H and O–H groups in total. The van der Waals surface area contributed by atoms with E-state index in [9.17, 15) is 4.79 Å². The molecule has 0 aromatic heterocycles. The number of rotatable bonds is 6. The minimum absolute atomic E-state index is 0.00780. The molecule has 0 spiro atoms. The Kier molecular flexibility index (Phi) is 6.04. The molecule has 0 aliphatic carbocycles. The van der Waals surface area contributed by atoms with Crippen LogP contribution in [-0.2, 0) is 11.4 Å². The van der Waals surface area contributed by atoms with Crippen molar-refractivity contribution in [2.75, 3.05) is 25.0 Å². The van der Waals surface area contributed by atoms with E-state index < -0.39 is 0 Å². The van der Waals surface area contributed by atoms with Gasteiger partial charge in [0.2, 0.25) is 5.91 Å². The fraction of sp³-hybridized carbons (Fsp3) is 0.350. The van der Waals surface area contributed by atoms with Gasteiger partial charge in [-0.15, -0.1) is 0 Å². The van der Waals surface area contributed by atoms with Crippen LogP contribution in [0.3, 0.4) is 0 Å². The van der Waals surface area contributed by atoms with E-state index in [1.807, 2.05) is 54.6 Å². The third kappa shape index (κ3) is 5.59. The molecule has 1 saturated heterocycles. The normalized spacial score (nSPS) is 15.7. The van der Waals surface area contributed by atoms with Crippen molar-refractivity contribution in [3.63, 3.8) is 0 Å². The second-order valence-corrected chi connectivity index (χ2v) is 6.46. The summed E-state index contributed by atoms with van der Waals surface area (Å²) in [4.78, 5) is 14.3. The number of benzene rings is 2. The van der Waals surface area contributed by atoms with Gasteiger partial charge in [-0.1, -0.05) is 30.3 Å². The van der Waals surface area contributed by atoms with Crippen molar-refractivity contribution in [3.05, 3.63) is 60.2 Å². The number of anilines is 1. The number of carbonyl (C=O) groups excluding carboxylic acids is 1. The third-order valence-corrected chi connectivity index (χ3v) is 4.39. The molecule has 1 aliphatic rings. The van der Waals surface area contributed by atoms with E-state index in [1.165, 1.54) is 0 Å². The van der Waals surface area contributed by atoms with Crippen LogP contribution in [0.2, 0.25) is 0 Å². The quantitative estimate of drug-likeness (QED) is 0.849. The van der Waals surface area contributed by atoms with Crippen LogP contribution in [0.5, 0.6) is 5.75 Å². The van der Waals surface area contributed by atoms with Crippen molar-refractivity contribution in [3.8, 4) is 5.75 Å². The molecule has 132 valence electrons. The van der Waals surface area contributed by atoms with Crippen molar-refractivity contribution >= 4 is 11.6 Å². The van der Waals surface area contributed by atoms with Crippen LogP contribution >= 0.6 is 0 Å². The van der Waals surface area contributed by atoms with Crippen LogP contribution in [0.1, 0.15) is 18.4 Å². The van der Waals surface area contributed by atoms with Gasteiger partial charge in [0.1, 0.15) is 12.4 Å². The molecule has 3 rings (SSSR count). The molecule has 1 amide bonds. The number of carbonyl (C=O) groups is 1. The lowest BCUT2D eigenvalue weighted by Crippen LogP contribution is -2.43. The molecule has 0 saturated carbocycles. The lowest BCUT2D eigenvalue weighted by Gasteiger charge is -2.29. The average Bonchev–Trinajstić information content (AvgIpc) is 2.64. The van der Waals surface area contributed by atoms with Gasteiger partial charge < -0.3 is 15.8 Å². The molecule has 5 heteroatoms. The van der Waals surface area contributed by atoms with Crippen molar-refractivity contribution < 1.29 is 9.53 Å². The highest BCUT2D eigenvalue weighted by Gasteiger charge is 2.18. The fourth-order valence-corrected chi connectivity index (χ4v) is 2.89. The Bertz CT molecular complexity index is 665. The molecule has 0 unspecified atom stereocenters. The molecule has 0 atom stereocenters. The first kappa shape index (κ1) is 17.5. The Morgan fingerprint density at radius 3 is 2.44 bits per heavy atom. The highest BCUT2D eigenvalue weighted by atomic mass is 16.5. The lowest BCUT2D eigenvalue weighted by molar-refractivity contribution is -0.117. The maximum Gasteiger partial charge on any atom is 0.238 e. The second-order valence-electron chi connectivity index (χ2n) is 6.46. The van der Waals surface area contributed by atoms with Crippen LogP contribution in [0, 0.1) is 0 Å². The zero-order valence-electron chi connectivity index (χ0n) is 14.4. The number of nitrogens with two attached hydrogens (primary N) is 1. The van der Waals surface area contributed by atoms with E-state index in [0.717, 1.165) is 42.9 Å². The number of likely N-dealkylation sites (tertiary alicyclic amines) is 1. The first-order valence-electron chi connectivity index (χ1n) is 8.73. The van der Waals surface area contributed by atoms with Crippen molar-refractivity contribution in [1.82, 2.24) is 4.90 Å². The first-order valence-corrected chi connectivity index (χ1v) is 8.73. The fourth-order valence-electron chi connectivity index (χ4n) is 2.89. The van der Waals surface area contributed by atoms with Gasteiger partial charge >= 0.3 is 0 Å². The monoisotopic (exact) mass is 339 g/mol. The average molecular weight is 339 g/mol. The minimum atomic E-state index is 0.00780. The zero-order chi connectivity index (χ0) is 17.5. The van der Waals surface area contributed by atoms with Gasteiger partial charge in [0.05, 0.1) is 6.54 Å². The summed E-state index contributed by atoms with van der Waals surface area (Å²) in [7, 11) is 0. The Morgan fingerprint density at radius 2 is 1.76 bits per heavy atom. The molecular formula is C20H25N3O2. The third-order valence-electron chi connectivity index (χ3n) is 4.39. The Morgan fingerprint density at radius 1 is 1.08 bits per heavy atom. The molecule has 1 aliphatic heterocycles. The van der Waals surface area contributed by atoms with Crippen molar-refractivity contribution in [1.29, 1.82) is 0 Å². The topological polar surface area (TPSA) is 67.6 Å². The standard InChI is InChI=1S/C20H25N3O2/c21-17-10-12-23(13-11-17)14-20(24)22-18-6-8-19(9-7-18)25-15-16-4-2-1-3-5-16/h1-9,17H,10-15,21H2,(H,22,24). The van der Waals surface area contributed by atoms with Crippen molar-refractivity contribution in [2.24, 2.45) is 5.73 Å². The Hall–Kier alpha value is -2.37.